The highest BCUT2D eigenvalue weighted by molar-refractivity contribution is 5.92. The Kier molecular flexibility index (Phi) is 5.21. The maximum atomic E-state index is 13.0. The van der Waals surface area contributed by atoms with Gasteiger partial charge in [-0.15, -0.1) is 0 Å². The van der Waals surface area contributed by atoms with Crippen LogP contribution in [0.1, 0.15) is 40.3 Å². The Balaban J connectivity index is 1.45. The summed E-state index contributed by atoms with van der Waals surface area (Å²) >= 11 is 0. The van der Waals surface area contributed by atoms with Crippen molar-refractivity contribution in [3.8, 4) is 0 Å². The van der Waals surface area contributed by atoms with Gasteiger partial charge in [0.1, 0.15) is 0 Å². The number of amides is 1. The van der Waals surface area contributed by atoms with Crippen LogP contribution in [0.5, 0.6) is 0 Å². The van der Waals surface area contributed by atoms with Crippen LogP contribution in [-0.2, 0) is 19.6 Å². The monoisotopic (exact) mass is 375 g/mol. The molecule has 0 unspecified atom stereocenters. The van der Waals surface area contributed by atoms with E-state index in [1.807, 2.05) is 42.9 Å². The van der Waals surface area contributed by atoms with Gasteiger partial charge in [0.15, 0.2) is 5.69 Å². The molecule has 6 heteroatoms. The molecule has 3 heterocycles. The number of rotatable bonds is 5. The third-order valence-electron chi connectivity index (χ3n) is 5.41. The number of nitrogens with zero attached hydrogens (tertiary/aromatic N) is 5. The summed E-state index contributed by atoms with van der Waals surface area (Å²) in [5.74, 6) is -0.0622. The Labute approximate surface area is 165 Å². The van der Waals surface area contributed by atoms with E-state index in [-0.39, 0.29) is 11.9 Å². The molecule has 6 nitrogen and oxygen atoms in total. The molecule has 28 heavy (non-hydrogen) atoms. The summed E-state index contributed by atoms with van der Waals surface area (Å²) in [5, 5.41) is 4.57. The smallest absolute Gasteiger partial charge is 0.274 e. The van der Waals surface area contributed by atoms with Crippen LogP contribution >= 0.6 is 0 Å². The normalized spacial score (nSPS) is 15.1. The summed E-state index contributed by atoms with van der Waals surface area (Å²) in [6.07, 6.45) is 3.54. The van der Waals surface area contributed by atoms with Crippen molar-refractivity contribution >= 4 is 5.91 Å². The number of fused-ring (bicyclic) bond motifs is 1. The molecule has 2 aromatic heterocycles. The van der Waals surface area contributed by atoms with Gasteiger partial charge in [-0.1, -0.05) is 36.4 Å². The van der Waals surface area contributed by atoms with Gasteiger partial charge in [-0.3, -0.25) is 19.4 Å². The first-order chi connectivity index (χ1) is 13.6. The molecule has 0 spiro atoms. The Bertz CT molecular complexity index is 938. The summed E-state index contributed by atoms with van der Waals surface area (Å²) in [6, 6.07) is 16.2. The van der Waals surface area contributed by atoms with E-state index >= 15 is 0 Å². The molecule has 0 aliphatic carbocycles. The maximum Gasteiger partial charge on any atom is 0.274 e. The quantitative estimate of drug-likeness (QED) is 0.688. The molecule has 0 radical (unpaired) electrons. The molecule has 3 aromatic rings. The zero-order valence-electron chi connectivity index (χ0n) is 16.3. The van der Waals surface area contributed by atoms with E-state index in [9.17, 15) is 4.79 Å². The first-order valence-electron chi connectivity index (χ1n) is 9.62. The molecule has 1 aromatic carbocycles. The number of hydrogen-bond donors (Lipinski definition) is 0. The number of pyridine rings is 1. The van der Waals surface area contributed by atoms with E-state index in [1.54, 1.807) is 17.3 Å². The SMILES string of the molecule is C[C@@H](c1cccnc1)N(C)C(=O)c1cc2n(n1)CCN(Cc1ccccc1)C2. The Hall–Kier alpha value is -2.99. The predicted octanol–water partition coefficient (Wildman–Crippen LogP) is 3.13. The van der Waals surface area contributed by atoms with Crippen LogP contribution in [0.25, 0.3) is 0 Å². The summed E-state index contributed by atoms with van der Waals surface area (Å²) in [6.45, 7) is 5.45. The minimum absolute atomic E-state index is 0.0606. The van der Waals surface area contributed by atoms with Crippen molar-refractivity contribution in [3.05, 3.63) is 83.4 Å². The number of carbonyl (C=O) groups is 1. The van der Waals surface area contributed by atoms with Crippen molar-refractivity contribution in [3.63, 3.8) is 0 Å². The van der Waals surface area contributed by atoms with Gasteiger partial charge in [-0.2, -0.15) is 5.10 Å². The molecule has 1 atom stereocenters. The molecular formula is C22H25N5O. The first kappa shape index (κ1) is 18.4. The second-order valence-corrected chi connectivity index (χ2v) is 7.32. The third kappa shape index (κ3) is 3.82. The van der Waals surface area contributed by atoms with E-state index in [2.05, 4.69) is 39.2 Å². The van der Waals surface area contributed by atoms with Crippen LogP contribution in [0.4, 0.5) is 0 Å². The highest BCUT2D eigenvalue weighted by Gasteiger charge is 2.25. The van der Waals surface area contributed by atoms with Crippen LogP contribution in [-0.4, -0.2) is 44.1 Å². The molecule has 0 fully saturated rings. The zero-order valence-corrected chi connectivity index (χ0v) is 16.3. The molecule has 0 saturated carbocycles. The molecule has 0 saturated heterocycles. The van der Waals surface area contributed by atoms with Crippen LogP contribution < -0.4 is 0 Å². The van der Waals surface area contributed by atoms with Crippen molar-refractivity contribution in [2.45, 2.75) is 32.6 Å². The molecule has 1 amide bonds. The van der Waals surface area contributed by atoms with Gasteiger partial charge in [0.2, 0.25) is 0 Å². The highest BCUT2D eigenvalue weighted by Crippen LogP contribution is 2.21. The average Bonchev–Trinajstić information content (AvgIpc) is 3.17. The predicted molar refractivity (Wildman–Crippen MR) is 108 cm³/mol. The highest BCUT2D eigenvalue weighted by atomic mass is 16.2. The van der Waals surface area contributed by atoms with Crippen LogP contribution in [0.3, 0.4) is 0 Å². The summed E-state index contributed by atoms with van der Waals surface area (Å²) in [7, 11) is 1.82. The lowest BCUT2D eigenvalue weighted by molar-refractivity contribution is 0.0735. The average molecular weight is 375 g/mol. The van der Waals surface area contributed by atoms with Crippen molar-refractivity contribution in [1.82, 2.24) is 24.6 Å². The van der Waals surface area contributed by atoms with Crippen molar-refractivity contribution in [2.24, 2.45) is 0 Å². The largest absolute Gasteiger partial charge is 0.333 e. The number of hydrogen-bond acceptors (Lipinski definition) is 4. The van der Waals surface area contributed by atoms with Gasteiger partial charge < -0.3 is 4.90 Å². The molecule has 1 aliphatic rings. The number of benzene rings is 1. The fraction of sp³-hybridized carbons (Fsp3) is 0.318. The van der Waals surface area contributed by atoms with Crippen molar-refractivity contribution in [1.29, 1.82) is 0 Å². The molecule has 0 bridgehead atoms. The van der Waals surface area contributed by atoms with E-state index in [4.69, 9.17) is 0 Å². The van der Waals surface area contributed by atoms with Crippen molar-refractivity contribution in [2.75, 3.05) is 13.6 Å². The van der Waals surface area contributed by atoms with E-state index in [1.165, 1.54) is 5.56 Å². The minimum Gasteiger partial charge on any atom is -0.333 e. The molecule has 4 rings (SSSR count). The van der Waals surface area contributed by atoms with Gasteiger partial charge >= 0.3 is 0 Å². The second-order valence-electron chi connectivity index (χ2n) is 7.32. The van der Waals surface area contributed by atoms with Crippen LogP contribution in [0.15, 0.2) is 60.9 Å². The van der Waals surface area contributed by atoms with Gasteiger partial charge in [-0.05, 0) is 30.2 Å². The standard InChI is InChI=1S/C22H25N5O/c1-17(19-9-6-10-23-14-19)25(2)22(28)21-13-20-16-26(11-12-27(20)24-21)15-18-7-4-3-5-8-18/h3-10,13-14,17H,11-12,15-16H2,1-2H3/t17-/m0/s1. The lowest BCUT2D eigenvalue weighted by Gasteiger charge is -2.27. The summed E-state index contributed by atoms with van der Waals surface area (Å²) in [4.78, 5) is 21.2. The second kappa shape index (κ2) is 7.94. The van der Waals surface area contributed by atoms with Gasteiger partial charge in [-0.25, -0.2) is 0 Å². The summed E-state index contributed by atoms with van der Waals surface area (Å²) < 4.78 is 1.97. The lowest BCUT2D eigenvalue weighted by Crippen LogP contribution is -2.33. The first-order valence-corrected chi connectivity index (χ1v) is 9.62. The van der Waals surface area contributed by atoms with Gasteiger partial charge in [0.05, 0.1) is 18.3 Å². The number of aromatic nitrogens is 3. The molecule has 0 N–H and O–H groups in total. The van der Waals surface area contributed by atoms with Gasteiger partial charge in [0.25, 0.3) is 5.91 Å². The fourth-order valence-corrected chi connectivity index (χ4v) is 3.60. The Morgan fingerprint density at radius 1 is 1.18 bits per heavy atom. The number of carbonyl (C=O) groups excluding carboxylic acids is 1. The lowest BCUT2D eigenvalue weighted by atomic mass is 10.1. The molecular weight excluding hydrogens is 350 g/mol. The third-order valence-corrected chi connectivity index (χ3v) is 5.41. The van der Waals surface area contributed by atoms with Gasteiger partial charge in [0, 0.05) is 39.1 Å². The zero-order chi connectivity index (χ0) is 19.5. The van der Waals surface area contributed by atoms with E-state index in [0.29, 0.717) is 5.69 Å². The van der Waals surface area contributed by atoms with Crippen LogP contribution in [0.2, 0.25) is 0 Å². The maximum absolute atomic E-state index is 13.0. The summed E-state index contributed by atoms with van der Waals surface area (Å²) in [5.41, 5.74) is 3.91. The van der Waals surface area contributed by atoms with E-state index in [0.717, 1.165) is 37.4 Å². The van der Waals surface area contributed by atoms with Crippen molar-refractivity contribution < 1.29 is 4.79 Å². The fourth-order valence-electron chi connectivity index (χ4n) is 3.60. The topological polar surface area (TPSA) is 54.3 Å². The minimum atomic E-state index is -0.0622. The Morgan fingerprint density at radius 3 is 2.75 bits per heavy atom. The molecule has 144 valence electrons. The molecule has 1 aliphatic heterocycles. The van der Waals surface area contributed by atoms with Crippen LogP contribution in [0, 0.1) is 0 Å². The Morgan fingerprint density at radius 2 is 2.00 bits per heavy atom. The van der Waals surface area contributed by atoms with E-state index < -0.39 is 0 Å².